The lowest BCUT2D eigenvalue weighted by atomic mass is 10.1. The van der Waals surface area contributed by atoms with Gasteiger partial charge < -0.3 is 15.2 Å². The van der Waals surface area contributed by atoms with E-state index in [4.69, 9.17) is 0 Å². The SMILES string of the molecule is O=c1c2cccc(O)c2[nH]c2cccc(O)c12. The predicted octanol–water partition coefficient (Wildman–Crippen LogP) is 2.09. The fourth-order valence-corrected chi connectivity index (χ4v) is 2.01. The highest BCUT2D eigenvalue weighted by atomic mass is 16.3. The average Bonchev–Trinajstić information content (AvgIpc) is 2.31. The number of phenolic OH excluding ortho intramolecular Hbond substituents is 2. The van der Waals surface area contributed by atoms with E-state index in [0.717, 1.165) is 0 Å². The van der Waals surface area contributed by atoms with Crippen molar-refractivity contribution in [3.05, 3.63) is 46.6 Å². The number of hydrogen-bond acceptors (Lipinski definition) is 3. The number of aromatic amines is 1. The summed E-state index contributed by atoms with van der Waals surface area (Å²) in [5, 5.41) is 20.0. The van der Waals surface area contributed by atoms with Gasteiger partial charge in [-0.05, 0) is 24.3 Å². The number of benzene rings is 2. The molecule has 1 heterocycles. The van der Waals surface area contributed by atoms with E-state index in [2.05, 4.69) is 4.98 Å². The summed E-state index contributed by atoms with van der Waals surface area (Å²) in [4.78, 5) is 15.1. The number of aromatic nitrogens is 1. The first-order chi connectivity index (χ1) is 8.18. The molecule has 0 radical (unpaired) electrons. The van der Waals surface area contributed by atoms with Gasteiger partial charge in [-0.1, -0.05) is 12.1 Å². The Morgan fingerprint density at radius 1 is 0.941 bits per heavy atom. The van der Waals surface area contributed by atoms with Crippen LogP contribution in [0.5, 0.6) is 11.5 Å². The van der Waals surface area contributed by atoms with Crippen LogP contribution in [0.1, 0.15) is 0 Å². The number of H-pyrrole nitrogens is 1. The third-order valence-electron chi connectivity index (χ3n) is 2.82. The molecule has 3 rings (SSSR count). The molecule has 3 aromatic rings. The summed E-state index contributed by atoms with van der Waals surface area (Å²) in [5.41, 5.74) is 0.599. The van der Waals surface area contributed by atoms with E-state index >= 15 is 0 Å². The maximum Gasteiger partial charge on any atom is 0.201 e. The number of pyridine rings is 1. The molecule has 0 unspecified atom stereocenters. The predicted molar refractivity (Wildman–Crippen MR) is 65.4 cm³/mol. The van der Waals surface area contributed by atoms with Crippen LogP contribution in [0, 0.1) is 0 Å². The van der Waals surface area contributed by atoms with Crippen LogP contribution in [-0.2, 0) is 0 Å². The Kier molecular flexibility index (Phi) is 1.86. The van der Waals surface area contributed by atoms with E-state index in [9.17, 15) is 15.0 Å². The van der Waals surface area contributed by atoms with Crippen molar-refractivity contribution >= 4 is 21.8 Å². The molecule has 4 nitrogen and oxygen atoms in total. The lowest BCUT2D eigenvalue weighted by molar-refractivity contribution is 0.479. The molecular weight excluding hydrogens is 218 g/mol. The van der Waals surface area contributed by atoms with Crippen molar-refractivity contribution in [3.63, 3.8) is 0 Å². The Hall–Kier alpha value is -2.49. The van der Waals surface area contributed by atoms with Gasteiger partial charge in [-0.25, -0.2) is 0 Å². The van der Waals surface area contributed by atoms with Gasteiger partial charge in [-0.2, -0.15) is 0 Å². The molecular formula is C13H9NO3. The molecule has 0 aliphatic carbocycles. The minimum atomic E-state index is -0.289. The molecule has 17 heavy (non-hydrogen) atoms. The standard InChI is InChI=1S/C13H9NO3/c15-9-5-2-4-8-11(9)13(17)7-3-1-6-10(16)12(7)14-8/h1-6,15-16H,(H,14,17). The number of rotatable bonds is 0. The van der Waals surface area contributed by atoms with Crippen LogP contribution in [-0.4, -0.2) is 15.2 Å². The third-order valence-corrected chi connectivity index (χ3v) is 2.82. The quantitative estimate of drug-likeness (QED) is 0.515. The van der Waals surface area contributed by atoms with E-state index in [1.54, 1.807) is 24.3 Å². The van der Waals surface area contributed by atoms with Crippen molar-refractivity contribution in [2.75, 3.05) is 0 Å². The molecule has 0 atom stereocenters. The van der Waals surface area contributed by atoms with Crippen LogP contribution < -0.4 is 5.43 Å². The minimum Gasteiger partial charge on any atom is -0.507 e. The second-order valence-electron chi connectivity index (χ2n) is 3.85. The average molecular weight is 227 g/mol. The minimum absolute atomic E-state index is 0.0184. The summed E-state index contributed by atoms with van der Waals surface area (Å²) >= 11 is 0. The number of fused-ring (bicyclic) bond motifs is 2. The molecule has 0 fully saturated rings. The van der Waals surface area contributed by atoms with E-state index < -0.39 is 0 Å². The summed E-state index contributed by atoms with van der Waals surface area (Å²) in [7, 11) is 0. The molecule has 1 aromatic heterocycles. The zero-order valence-electron chi connectivity index (χ0n) is 8.77. The molecule has 0 aliphatic heterocycles. The zero-order chi connectivity index (χ0) is 12.0. The van der Waals surface area contributed by atoms with Crippen molar-refractivity contribution in [2.24, 2.45) is 0 Å². The zero-order valence-corrected chi connectivity index (χ0v) is 8.77. The van der Waals surface area contributed by atoms with Crippen molar-refractivity contribution in [3.8, 4) is 11.5 Å². The van der Waals surface area contributed by atoms with Crippen LogP contribution in [0.3, 0.4) is 0 Å². The fraction of sp³-hybridized carbons (Fsp3) is 0. The van der Waals surface area contributed by atoms with Crippen LogP contribution in [0.2, 0.25) is 0 Å². The van der Waals surface area contributed by atoms with Gasteiger partial charge in [0.25, 0.3) is 0 Å². The summed E-state index contributed by atoms with van der Waals surface area (Å²) < 4.78 is 0. The molecule has 0 saturated carbocycles. The Morgan fingerprint density at radius 2 is 1.65 bits per heavy atom. The summed E-state index contributed by atoms with van der Waals surface area (Å²) in [6.45, 7) is 0. The van der Waals surface area contributed by atoms with Gasteiger partial charge in [0.2, 0.25) is 5.43 Å². The lowest BCUT2D eigenvalue weighted by Gasteiger charge is -2.05. The van der Waals surface area contributed by atoms with Crippen LogP contribution in [0.15, 0.2) is 41.2 Å². The van der Waals surface area contributed by atoms with E-state index in [1.807, 2.05) is 0 Å². The van der Waals surface area contributed by atoms with Crippen LogP contribution >= 0.6 is 0 Å². The monoisotopic (exact) mass is 227 g/mol. The van der Waals surface area contributed by atoms with Gasteiger partial charge in [0.1, 0.15) is 11.5 Å². The highest BCUT2D eigenvalue weighted by Crippen LogP contribution is 2.26. The number of aromatic hydroxyl groups is 2. The van der Waals surface area contributed by atoms with Crippen molar-refractivity contribution in [1.82, 2.24) is 4.98 Å². The Balaban J connectivity index is 2.68. The van der Waals surface area contributed by atoms with Gasteiger partial charge in [0.05, 0.1) is 21.8 Å². The van der Waals surface area contributed by atoms with Gasteiger partial charge in [0.15, 0.2) is 0 Å². The van der Waals surface area contributed by atoms with E-state index in [1.165, 1.54) is 12.1 Å². The largest absolute Gasteiger partial charge is 0.507 e. The maximum atomic E-state index is 12.2. The molecule has 0 amide bonds. The Morgan fingerprint density at radius 3 is 2.47 bits per heavy atom. The van der Waals surface area contributed by atoms with Gasteiger partial charge in [-0.15, -0.1) is 0 Å². The van der Waals surface area contributed by atoms with Crippen molar-refractivity contribution in [1.29, 1.82) is 0 Å². The second-order valence-corrected chi connectivity index (χ2v) is 3.85. The second kappa shape index (κ2) is 3.25. The third kappa shape index (κ3) is 1.27. The first-order valence-corrected chi connectivity index (χ1v) is 5.14. The number of nitrogens with one attached hydrogen (secondary N) is 1. The molecule has 0 bridgehead atoms. The molecule has 0 saturated heterocycles. The Bertz CT molecular complexity index is 790. The Labute approximate surface area is 95.8 Å². The molecule has 84 valence electrons. The number of para-hydroxylation sites is 1. The van der Waals surface area contributed by atoms with Gasteiger partial charge in [-0.3, -0.25) is 4.79 Å². The van der Waals surface area contributed by atoms with Crippen molar-refractivity contribution in [2.45, 2.75) is 0 Å². The summed E-state index contributed by atoms with van der Waals surface area (Å²) in [6.07, 6.45) is 0. The maximum absolute atomic E-state index is 12.2. The molecule has 0 aliphatic rings. The lowest BCUT2D eigenvalue weighted by Crippen LogP contribution is -2.04. The fourth-order valence-electron chi connectivity index (χ4n) is 2.01. The van der Waals surface area contributed by atoms with Crippen molar-refractivity contribution < 1.29 is 10.2 Å². The number of phenols is 2. The van der Waals surface area contributed by atoms with Crippen LogP contribution in [0.4, 0.5) is 0 Å². The van der Waals surface area contributed by atoms with Crippen LogP contribution in [0.25, 0.3) is 21.8 Å². The topological polar surface area (TPSA) is 73.3 Å². The first-order valence-electron chi connectivity index (χ1n) is 5.14. The van der Waals surface area contributed by atoms with E-state index in [-0.39, 0.29) is 22.3 Å². The molecule has 3 N–H and O–H groups in total. The normalized spacial score (nSPS) is 11.1. The highest BCUT2D eigenvalue weighted by molar-refractivity contribution is 5.97. The van der Waals surface area contributed by atoms with Gasteiger partial charge in [0, 0.05) is 0 Å². The van der Waals surface area contributed by atoms with Gasteiger partial charge >= 0.3 is 0 Å². The highest BCUT2D eigenvalue weighted by Gasteiger charge is 2.10. The smallest absolute Gasteiger partial charge is 0.201 e. The van der Waals surface area contributed by atoms with E-state index in [0.29, 0.717) is 16.4 Å². The number of hydrogen-bond donors (Lipinski definition) is 3. The molecule has 0 spiro atoms. The first kappa shape index (κ1) is 9.72. The summed E-state index contributed by atoms with van der Waals surface area (Å²) in [6, 6.07) is 9.50. The molecule has 2 aromatic carbocycles. The molecule has 4 heteroatoms. The summed E-state index contributed by atoms with van der Waals surface area (Å²) in [5.74, 6) is -0.0427.